The highest BCUT2D eigenvalue weighted by molar-refractivity contribution is 5.29. The van der Waals surface area contributed by atoms with Gasteiger partial charge in [0.2, 0.25) is 0 Å². The highest BCUT2D eigenvalue weighted by Crippen LogP contribution is 2.18. The van der Waals surface area contributed by atoms with Crippen LogP contribution in [-0.4, -0.2) is 21.7 Å². The average molecular weight is 230 g/mol. The molecule has 0 aliphatic carbocycles. The first-order valence-electron chi connectivity index (χ1n) is 5.44. The van der Waals surface area contributed by atoms with E-state index in [0.29, 0.717) is 18.2 Å². The number of hydrogen-bond donors (Lipinski definition) is 1. The van der Waals surface area contributed by atoms with Crippen molar-refractivity contribution >= 4 is 0 Å². The number of aryl methyl sites for hydroxylation is 1. The normalized spacial score (nSPS) is 10.2. The van der Waals surface area contributed by atoms with Gasteiger partial charge in [0.05, 0.1) is 0 Å². The summed E-state index contributed by atoms with van der Waals surface area (Å²) in [6.07, 6.45) is 4.08. The lowest BCUT2D eigenvalue weighted by molar-refractivity contribution is 0.299. The number of aliphatic hydroxyl groups is 1. The fraction of sp³-hybridized carbons (Fsp3) is 0.231. The van der Waals surface area contributed by atoms with Crippen molar-refractivity contribution in [2.45, 2.75) is 13.3 Å². The molecule has 1 aromatic heterocycles. The van der Waals surface area contributed by atoms with Gasteiger partial charge in [-0.25, -0.2) is 9.97 Å². The first-order chi connectivity index (χ1) is 8.28. The molecule has 0 spiro atoms. The summed E-state index contributed by atoms with van der Waals surface area (Å²) in [5.41, 5.74) is 2.07. The summed E-state index contributed by atoms with van der Waals surface area (Å²) in [6.45, 7) is 2.08. The molecule has 0 radical (unpaired) electrons. The standard InChI is InChI=1S/C13H14N2O2/c1-10-8-14-13(15-9-10)17-12-4-2-11(3-5-12)6-7-16/h2-5,8-9,16H,6-7H2,1H3. The minimum atomic E-state index is 0.154. The van der Waals surface area contributed by atoms with E-state index in [-0.39, 0.29) is 6.61 Å². The highest BCUT2D eigenvalue weighted by atomic mass is 16.5. The second-order valence-corrected chi connectivity index (χ2v) is 3.76. The zero-order chi connectivity index (χ0) is 12.1. The molecule has 1 aromatic carbocycles. The molecule has 0 saturated heterocycles. The topological polar surface area (TPSA) is 55.2 Å². The molecule has 0 aliphatic rings. The molecule has 0 unspecified atom stereocenters. The van der Waals surface area contributed by atoms with Crippen molar-refractivity contribution in [1.29, 1.82) is 0 Å². The van der Waals surface area contributed by atoms with Crippen molar-refractivity contribution < 1.29 is 9.84 Å². The van der Waals surface area contributed by atoms with Crippen molar-refractivity contribution in [3.05, 3.63) is 47.8 Å². The van der Waals surface area contributed by atoms with Crippen LogP contribution in [0, 0.1) is 6.92 Å². The number of nitrogens with zero attached hydrogens (tertiary/aromatic N) is 2. The van der Waals surface area contributed by atoms with Crippen LogP contribution in [0.5, 0.6) is 11.8 Å². The monoisotopic (exact) mass is 230 g/mol. The molecule has 4 nitrogen and oxygen atoms in total. The Kier molecular flexibility index (Phi) is 3.67. The molecule has 2 aromatic rings. The Bertz CT molecular complexity index is 466. The van der Waals surface area contributed by atoms with Crippen LogP contribution >= 0.6 is 0 Å². The van der Waals surface area contributed by atoms with Gasteiger partial charge >= 0.3 is 6.01 Å². The Morgan fingerprint density at radius 1 is 1.12 bits per heavy atom. The minimum Gasteiger partial charge on any atom is -0.424 e. The van der Waals surface area contributed by atoms with Gasteiger partial charge in [0, 0.05) is 19.0 Å². The van der Waals surface area contributed by atoms with E-state index in [1.54, 1.807) is 12.4 Å². The van der Waals surface area contributed by atoms with E-state index in [2.05, 4.69) is 9.97 Å². The maximum atomic E-state index is 8.80. The molecule has 0 amide bonds. The smallest absolute Gasteiger partial charge is 0.321 e. The summed E-state index contributed by atoms with van der Waals surface area (Å²) in [4.78, 5) is 8.12. The molecule has 1 N–H and O–H groups in total. The van der Waals surface area contributed by atoms with Gasteiger partial charge in [-0.05, 0) is 36.6 Å². The van der Waals surface area contributed by atoms with Crippen LogP contribution in [0.25, 0.3) is 0 Å². The van der Waals surface area contributed by atoms with Gasteiger partial charge < -0.3 is 9.84 Å². The Hall–Kier alpha value is -1.94. The number of ether oxygens (including phenoxy) is 1. The maximum Gasteiger partial charge on any atom is 0.321 e. The fourth-order valence-corrected chi connectivity index (χ4v) is 1.39. The van der Waals surface area contributed by atoms with Crippen molar-refractivity contribution in [2.24, 2.45) is 0 Å². The van der Waals surface area contributed by atoms with Crippen molar-refractivity contribution in [2.75, 3.05) is 6.61 Å². The molecular weight excluding hydrogens is 216 g/mol. The second-order valence-electron chi connectivity index (χ2n) is 3.76. The van der Waals surface area contributed by atoms with Crippen LogP contribution in [0.3, 0.4) is 0 Å². The first kappa shape index (κ1) is 11.5. The third-order valence-electron chi connectivity index (χ3n) is 2.29. The van der Waals surface area contributed by atoms with E-state index in [4.69, 9.17) is 9.84 Å². The summed E-state index contributed by atoms with van der Waals surface area (Å²) in [5.74, 6) is 0.690. The van der Waals surface area contributed by atoms with Crippen molar-refractivity contribution in [1.82, 2.24) is 9.97 Å². The van der Waals surface area contributed by atoms with Gasteiger partial charge in [-0.3, -0.25) is 0 Å². The summed E-state index contributed by atoms with van der Waals surface area (Å²) in [6, 6.07) is 7.85. The van der Waals surface area contributed by atoms with E-state index in [9.17, 15) is 0 Å². The molecular formula is C13H14N2O2. The average Bonchev–Trinajstić information content (AvgIpc) is 2.35. The van der Waals surface area contributed by atoms with Crippen LogP contribution in [0.15, 0.2) is 36.7 Å². The van der Waals surface area contributed by atoms with Gasteiger partial charge in [-0.1, -0.05) is 12.1 Å². The number of hydrogen-bond acceptors (Lipinski definition) is 4. The molecule has 0 fully saturated rings. The lowest BCUT2D eigenvalue weighted by Gasteiger charge is -2.04. The molecule has 0 atom stereocenters. The number of aromatic nitrogens is 2. The molecule has 4 heteroatoms. The van der Waals surface area contributed by atoms with Crippen LogP contribution in [0.1, 0.15) is 11.1 Å². The first-order valence-corrected chi connectivity index (χ1v) is 5.44. The zero-order valence-electron chi connectivity index (χ0n) is 9.63. The van der Waals surface area contributed by atoms with E-state index >= 15 is 0 Å². The molecule has 0 aliphatic heterocycles. The number of benzene rings is 1. The summed E-state index contributed by atoms with van der Waals surface area (Å²) >= 11 is 0. The Morgan fingerprint density at radius 3 is 2.35 bits per heavy atom. The van der Waals surface area contributed by atoms with Gasteiger partial charge in [0.15, 0.2) is 0 Å². The lowest BCUT2D eigenvalue weighted by atomic mass is 10.1. The van der Waals surface area contributed by atoms with Gasteiger partial charge in [0.25, 0.3) is 0 Å². The summed E-state index contributed by atoms with van der Waals surface area (Å²) < 4.78 is 5.48. The van der Waals surface area contributed by atoms with Crippen LogP contribution in [0.2, 0.25) is 0 Å². The van der Waals surface area contributed by atoms with E-state index in [1.807, 2.05) is 31.2 Å². The van der Waals surface area contributed by atoms with Crippen molar-refractivity contribution in [3.63, 3.8) is 0 Å². The van der Waals surface area contributed by atoms with E-state index < -0.39 is 0 Å². The molecule has 0 saturated carbocycles. The van der Waals surface area contributed by atoms with Crippen LogP contribution in [-0.2, 0) is 6.42 Å². The Morgan fingerprint density at radius 2 is 1.76 bits per heavy atom. The molecule has 2 rings (SSSR count). The Labute approximate surface area is 99.9 Å². The minimum absolute atomic E-state index is 0.154. The largest absolute Gasteiger partial charge is 0.424 e. The Balaban J connectivity index is 2.05. The SMILES string of the molecule is Cc1cnc(Oc2ccc(CCO)cc2)nc1. The molecule has 0 bridgehead atoms. The number of aliphatic hydroxyl groups excluding tert-OH is 1. The fourth-order valence-electron chi connectivity index (χ4n) is 1.39. The van der Waals surface area contributed by atoms with Gasteiger partial charge in [-0.2, -0.15) is 0 Å². The third kappa shape index (κ3) is 3.26. The second kappa shape index (κ2) is 5.41. The van der Waals surface area contributed by atoms with E-state index in [1.165, 1.54) is 0 Å². The molecule has 17 heavy (non-hydrogen) atoms. The molecule has 88 valence electrons. The highest BCUT2D eigenvalue weighted by Gasteiger charge is 2.00. The summed E-state index contributed by atoms with van der Waals surface area (Å²) in [7, 11) is 0. The maximum absolute atomic E-state index is 8.80. The lowest BCUT2D eigenvalue weighted by Crippen LogP contribution is -1.93. The third-order valence-corrected chi connectivity index (χ3v) is 2.29. The summed E-state index contributed by atoms with van der Waals surface area (Å²) in [5, 5.41) is 8.80. The quantitative estimate of drug-likeness (QED) is 0.874. The van der Waals surface area contributed by atoms with Gasteiger partial charge in [-0.15, -0.1) is 0 Å². The van der Waals surface area contributed by atoms with Crippen LogP contribution in [0.4, 0.5) is 0 Å². The predicted octanol–water partition coefficient (Wildman–Crippen LogP) is 2.11. The zero-order valence-corrected chi connectivity index (χ0v) is 9.63. The van der Waals surface area contributed by atoms with Crippen molar-refractivity contribution in [3.8, 4) is 11.8 Å². The predicted molar refractivity (Wildman–Crippen MR) is 64.1 cm³/mol. The van der Waals surface area contributed by atoms with Gasteiger partial charge in [0.1, 0.15) is 5.75 Å². The number of rotatable bonds is 4. The van der Waals surface area contributed by atoms with Crippen LogP contribution < -0.4 is 4.74 Å². The molecule has 1 heterocycles. The van der Waals surface area contributed by atoms with E-state index in [0.717, 1.165) is 11.1 Å².